The van der Waals surface area contributed by atoms with Gasteiger partial charge in [-0.3, -0.25) is 4.79 Å². The molecule has 104 valence electrons. The second-order valence-corrected chi connectivity index (χ2v) is 4.50. The molecule has 7 nitrogen and oxygen atoms in total. The Morgan fingerprint density at radius 1 is 1.40 bits per heavy atom. The summed E-state index contributed by atoms with van der Waals surface area (Å²) >= 11 is 0. The summed E-state index contributed by atoms with van der Waals surface area (Å²) < 4.78 is 13.0. The topological polar surface area (TPSA) is 86.5 Å². The lowest BCUT2D eigenvalue weighted by Gasteiger charge is -2.26. The monoisotopic (exact) mass is 275 g/mol. The minimum Gasteiger partial charge on any atom is -0.486 e. The maximum Gasteiger partial charge on any atom is 0.309 e. The standard InChI is InChI=1S/C13H13N3O4/c17-13(18)5-9-6-16(15-14-9)7-10-8-19-11-3-1-2-4-12(11)20-10/h1-4,6,10H,5,7-8H2,(H,17,18). The Balaban J connectivity index is 1.64. The maximum atomic E-state index is 10.6. The van der Waals surface area contributed by atoms with Crippen LogP contribution in [0, 0.1) is 0 Å². The predicted molar refractivity (Wildman–Crippen MR) is 67.7 cm³/mol. The largest absolute Gasteiger partial charge is 0.486 e. The molecule has 0 radical (unpaired) electrons. The van der Waals surface area contributed by atoms with E-state index in [4.69, 9.17) is 14.6 Å². The molecule has 0 fully saturated rings. The molecule has 0 spiro atoms. The molecule has 2 aromatic rings. The van der Waals surface area contributed by atoms with Gasteiger partial charge in [0.1, 0.15) is 6.61 Å². The molecule has 1 N–H and O–H groups in total. The maximum absolute atomic E-state index is 10.6. The number of aliphatic carboxylic acids is 1. The number of ether oxygens (including phenoxy) is 2. The smallest absolute Gasteiger partial charge is 0.309 e. The van der Waals surface area contributed by atoms with Crippen LogP contribution in [0.25, 0.3) is 0 Å². The Kier molecular flexibility index (Phi) is 3.24. The number of carbonyl (C=O) groups is 1. The third-order valence-electron chi connectivity index (χ3n) is 2.88. The van der Waals surface area contributed by atoms with Crippen molar-refractivity contribution < 1.29 is 19.4 Å². The van der Waals surface area contributed by atoms with Crippen LogP contribution in [0.2, 0.25) is 0 Å². The zero-order valence-corrected chi connectivity index (χ0v) is 10.6. The molecular formula is C13H13N3O4. The van der Waals surface area contributed by atoms with Gasteiger partial charge in [0, 0.05) is 6.20 Å². The number of aromatic nitrogens is 3. The van der Waals surface area contributed by atoms with E-state index in [1.807, 2.05) is 24.3 Å². The molecule has 0 saturated carbocycles. The molecule has 0 saturated heterocycles. The molecule has 2 heterocycles. The lowest BCUT2D eigenvalue weighted by molar-refractivity contribution is -0.136. The normalized spacial score (nSPS) is 16.9. The lowest BCUT2D eigenvalue weighted by Crippen LogP contribution is -2.33. The number of nitrogens with zero attached hydrogens (tertiary/aromatic N) is 3. The molecule has 0 bridgehead atoms. The highest BCUT2D eigenvalue weighted by Crippen LogP contribution is 2.31. The van der Waals surface area contributed by atoms with Crippen LogP contribution in [0.1, 0.15) is 5.69 Å². The van der Waals surface area contributed by atoms with Crippen LogP contribution in [0.5, 0.6) is 11.5 Å². The average Bonchev–Trinajstić information content (AvgIpc) is 2.85. The van der Waals surface area contributed by atoms with Gasteiger partial charge in [-0.2, -0.15) is 0 Å². The van der Waals surface area contributed by atoms with Gasteiger partial charge in [0.15, 0.2) is 17.6 Å². The van der Waals surface area contributed by atoms with Gasteiger partial charge in [0.2, 0.25) is 0 Å². The second kappa shape index (κ2) is 5.20. The van der Waals surface area contributed by atoms with Crippen molar-refractivity contribution in [3.8, 4) is 11.5 Å². The Bertz CT molecular complexity index is 626. The summed E-state index contributed by atoms with van der Waals surface area (Å²) in [5.41, 5.74) is 0.426. The van der Waals surface area contributed by atoms with Crippen molar-refractivity contribution in [1.29, 1.82) is 0 Å². The van der Waals surface area contributed by atoms with Crippen molar-refractivity contribution in [3.63, 3.8) is 0 Å². The van der Waals surface area contributed by atoms with E-state index in [0.717, 1.165) is 5.75 Å². The zero-order valence-electron chi connectivity index (χ0n) is 10.6. The molecule has 1 unspecified atom stereocenters. The number of rotatable bonds is 4. The first kappa shape index (κ1) is 12.5. The lowest BCUT2D eigenvalue weighted by atomic mass is 10.2. The molecule has 7 heteroatoms. The van der Waals surface area contributed by atoms with Gasteiger partial charge in [-0.1, -0.05) is 17.3 Å². The molecule has 1 atom stereocenters. The van der Waals surface area contributed by atoms with E-state index in [9.17, 15) is 4.79 Å². The van der Waals surface area contributed by atoms with Gasteiger partial charge in [0.25, 0.3) is 0 Å². The van der Waals surface area contributed by atoms with E-state index in [1.54, 1.807) is 10.9 Å². The molecule has 1 aliphatic heterocycles. The van der Waals surface area contributed by atoms with Gasteiger partial charge in [0.05, 0.1) is 18.7 Å². The van der Waals surface area contributed by atoms with Crippen molar-refractivity contribution >= 4 is 5.97 Å². The minimum absolute atomic E-state index is 0.134. The highest BCUT2D eigenvalue weighted by atomic mass is 16.6. The summed E-state index contributed by atoms with van der Waals surface area (Å²) in [6.07, 6.45) is 1.30. The molecule has 0 amide bonds. The Hall–Kier alpha value is -2.57. The Morgan fingerprint density at radius 3 is 3.00 bits per heavy atom. The summed E-state index contributed by atoms with van der Waals surface area (Å²) in [7, 11) is 0. The SMILES string of the molecule is O=C(O)Cc1cn(CC2COc3ccccc3O2)nn1. The fourth-order valence-corrected chi connectivity index (χ4v) is 2.03. The van der Waals surface area contributed by atoms with Crippen LogP contribution >= 0.6 is 0 Å². The quantitative estimate of drug-likeness (QED) is 0.885. The van der Waals surface area contributed by atoms with Gasteiger partial charge in [-0.15, -0.1) is 5.10 Å². The number of carboxylic acid groups (broad SMARTS) is 1. The molecule has 1 aromatic heterocycles. The summed E-state index contributed by atoms with van der Waals surface area (Å²) in [6.45, 7) is 0.881. The second-order valence-electron chi connectivity index (χ2n) is 4.50. The van der Waals surface area contributed by atoms with Gasteiger partial charge in [-0.05, 0) is 12.1 Å². The Labute approximate surface area is 114 Å². The van der Waals surface area contributed by atoms with Crippen molar-refractivity contribution in [3.05, 3.63) is 36.2 Å². The van der Waals surface area contributed by atoms with E-state index in [-0.39, 0.29) is 12.5 Å². The highest BCUT2D eigenvalue weighted by Gasteiger charge is 2.21. The van der Waals surface area contributed by atoms with Crippen LogP contribution in [-0.2, 0) is 17.8 Å². The van der Waals surface area contributed by atoms with E-state index in [0.29, 0.717) is 24.6 Å². The summed E-state index contributed by atoms with van der Waals surface area (Å²) in [6, 6.07) is 7.47. The number of para-hydroxylation sites is 2. The molecule has 1 aliphatic rings. The third-order valence-corrected chi connectivity index (χ3v) is 2.88. The summed E-state index contributed by atoms with van der Waals surface area (Å²) in [5, 5.41) is 16.4. The fourth-order valence-electron chi connectivity index (χ4n) is 2.03. The molecule has 1 aromatic carbocycles. The van der Waals surface area contributed by atoms with E-state index < -0.39 is 5.97 Å². The molecular weight excluding hydrogens is 262 g/mol. The van der Waals surface area contributed by atoms with Crippen LogP contribution in [0.15, 0.2) is 30.5 Å². The van der Waals surface area contributed by atoms with Crippen molar-refractivity contribution in [2.45, 2.75) is 19.1 Å². The summed E-state index contributed by atoms with van der Waals surface area (Å²) in [5.74, 6) is 0.506. The molecule has 3 rings (SSSR count). The molecule has 20 heavy (non-hydrogen) atoms. The van der Waals surface area contributed by atoms with Crippen molar-refractivity contribution in [1.82, 2.24) is 15.0 Å². The van der Waals surface area contributed by atoms with Gasteiger partial charge >= 0.3 is 5.97 Å². The van der Waals surface area contributed by atoms with E-state index >= 15 is 0 Å². The minimum atomic E-state index is -0.928. The van der Waals surface area contributed by atoms with Crippen molar-refractivity contribution in [2.75, 3.05) is 6.61 Å². The first-order valence-electron chi connectivity index (χ1n) is 6.20. The number of hydrogen-bond donors (Lipinski definition) is 1. The first-order chi connectivity index (χ1) is 9.70. The molecule has 0 aliphatic carbocycles. The number of carboxylic acids is 1. The van der Waals surface area contributed by atoms with Crippen LogP contribution in [0.4, 0.5) is 0 Å². The van der Waals surface area contributed by atoms with E-state index in [2.05, 4.69) is 10.3 Å². The fraction of sp³-hybridized carbons (Fsp3) is 0.308. The van der Waals surface area contributed by atoms with Crippen LogP contribution in [0.3, 0.4) is 0 Å². The zero-order chi connectivity index (χ0) is 13.9. The van der Waals surface area contributed by atoms with Crippen LogP contribution in [-0.4, -0.2) is 38.8 Å². The summed E-state index contributed by atoms with van der Waals surface area (Å²) in [4.78, 5) is 10.6. The highest BCUT2D eigenvalue weighted by molar-refractivity contribution is 5.69. The third kappa shape index (κ3) is 2.71. The number of hydrogen-bond acceptors (Lipinski definition) is 5. The van der Waals surface area contributed by atoms with Crippen LogP contribution < -0.4 is 9.47 Å². The average molecular weight is 275 g/mol. The van der Waals surface area contributed by atoms with Gasteiger partial charge in [-0.25, -0.2) is 4.68 Å². The van der Waals surface area contributed by atoms with Crippen molar-refractivity contribution in [2.24, 2.45) is 0 Å². The van der Waals surface area contributed by atoms with E-state index in [1.165, 1.54) is 0 Å². The first-order valence-corrected chi connectivity index (χ1v) is 6.20. The van der Waals surface area contributed by atoms with Gasteiger partial charge < -0.3 is 14.6 Å². The Morgan fingerprint density at radius 2 is 2.20 bits per heavy atom. The number of benzene rings is 1. The predicted octanol–water partition coefficient (Wildman–Crippen LogP) is 0.745. The number of fused-ring (bicyclic) bond motifs is 1.